The average molecular weight is 271 g/mol. The number of carbonyl (C=O) groups excluding carboxylic acids is 1. The van der Waals surface area contributed by atoms with Crippen molar-refractivity contribution in [1.29, 1.82) is 0 Å². The van der Waals surface area contributed by atoms with Crippen molar-refractivity contribution in [2.45, 2.75) is 27.3 Å². The second kappa shape index (κ2) is 5.69. The zero-order valence-electron chi connectivity index (χ0n) is 11.8. The summed E-state index contributed by atoms with van der Waals surface area (Å²) in [6, 6.07) is 8.93. The Labute approximate surface area is 117 Å². The fourth-order valence-electron chi connectivity index (χ4n) is 2.00. The largest absolute Gasteiger partial charge is 0.324 e. The van der Waals surface area contributed by atoms with E-state index in [0.717, 1.165) is 11.3 Å². The summed E-state index contributed by atoms with van der Waals surface area (Å²) in [7, 11) is 0. The van der Waals surface area contributed by atoms with Crippen LogP contribution in [0.4, 0.5) is 5.69 Å². The Morgan fingerprint density at radius 3 is 2.60 bits per heavy atom. The van der Waals surface area contributed by atoms with Gasteiger partial charge in [0.2, 0.25) is 5.91 Å². The van der Waals surface area contributed by atoms with E-state index >= 15 is 0 Å². The van der Waals surface area contributed by atoms with Crippen LogP contribution in [0.2, 0.25) is 0 Å². The van der Waals surface area contributed by atoms with Gasteiger partial charge in [0, 0.05) is 17.4 Å². The van der Waals surface area contributed by atoms with E-state index in [1.54, 1.807) is 13.8 Å². The summed E-state index contributed by atoms with van der Waals surface area (Å²) in [4.78, 5) is 28.1. The van der Waals surface area contributed by atoms with Crippen LogP contribution in [0.1, 0.15) is 17.1 Å². The van der Waals surface area contributed by atoms with E-state index in [1.165, 1.54) is 10.6 Å². The van der Waals surface area contributed by atoms with Crippen molar-refractivity contribution < 1.29 is 4.79 Å². The lowest BCUT2D eigenvalue weighted by atomic mass is 10.2. The molecule has 0 unspecified atom stereocenters. The molecule has 0 saturated carbocycles. The highest BCUT2D eigenvalue weighted by atomic mass is 16.2. The van der Waals surface area contributed by atoms with E-state index in [9.17, 15) is 9.59 Å². The summed E-state index contributed by atoms with van der Waals surface area (Å²) in [5.41, 5.74) is 2.17. The molecule has 1 aromatic heterocycles. The maximum absolute atomic E-state index is 12.0. The molecular weight excluding hydrogens is 254 g/mol. The summed E-state index contributed by atoms with van der Waals surface area (Å²) < 4.78 is 1.36. The number of rotatable bonds is 3. The van der Waals surface area contributed by atoms with Gasteiger partial charge in [-0.1, -0.05) is 18.2 Å². The fourth-order valence-corrected chi connectivity index (χ4v) is 2.00. The first-order valence-electron chi connectivity index (χ1n) is 6.38. The van der Waals surface area contributed by atoms with Crippen LogP contribution in [0.5, 0.6) is 0 Å². The summed E-state index contributed by atoms with van der Waals surface area (Å²) >= 11 is 0. The van der Waals surface area contributed by atoms with E-state index in [1.807, 2.05) is 31.2 Å². The molecule has 5 nitrogen and oxygen atoms in total. The molecule has 1 aromatic carbocycles. The van der Waals surface area contributed by atoms with Crippen LogP contribution >= 0.6 is 0 Å². The molecular formula is C15H17N3O2. The van der Waals surface area contributed by atoms with Gasteiger partial charge < -0.3 is 5.32 Å². The van der Waals surface area contributed by atoms with Gasteiger partial charge in [0.05, 0.1) is 0 Å². The number of anilines is 1. The van der Waals surface area contributed by atoms with Gasteiger partial charge in [0.15, 0.2) is 0 Å². The van der Waals surface area contributed by atoms with E-state index < -0.39 is 0 Å². The lowest BCUT2D eigenvalue weighted by Crippen LogP contribution is -2.30. The Kier molecular flexibility index (Phi) is 3.98. The van der Waals surface area contributed by atoms with E-state index in [-0.39, 0.29) is 18.0 Å². The molecule has 20 heavy (non-hydrogen) atoms. The molecule has 0 saturated heterocycles. The Morgan fingerprint density at radius 2 is 1.95 bits per heavy atom. The zero-order valence-corrected chi connectivity index (χ0v) is 11.8. The minimum atomic E-state index is -0.241. The number of hydrogen-bond donors (Lipinski definition) is 1. The standard InChI is InChI=1S/C15H17N3O2/c1-10-6-4-5-7-13(10)17-14(19)9-18-12(3)16-11(2)8-15(18)20/h4-8H,9H2,1-3H3,(H,17,19). The summed E-state index contributed by atoms with van der Waals surface area (Å²) in [6.07, 6.45) is 0. The van der Waals surface area contributed by atoms with Crippen molar-refractivity contribution in [2.24, 2.45) is 0 Å². The lowest BCUT2D eigenvalue weighted by Gasteiger charge is -2.11. The van der Waals surface area contributed by atoms with E-state index in [0.29, 0.717) is 11.5 Å². The molecule has 1 N–H and O–H groups in total. The number of aromatic nitrogens is 2. The third-order valence-corrected chi connectivity index (χ3v) is 3.05. The van der Waals surface area contributed by atoms with Gasteiger partial charge in [0.1, 0.15) is 12.4 Å². The molecule has 2 rings (SSSR count). The highest BCUT2D eigenvalue weighted by molar-refractivity contribution is 5.91. The molecule has 0 spiro atoms. The first-order valence-corrected chi connectivity index (χ1v) is 6.38. The number of hydrogen-bond acceptors (Lipinski definition) is 3. The van der Waals surface area contributed by atoms with Gasteiger partial charge in [0.25, 0.3) is 5.56 Å². The molecule has 0 aliphatic heterocycles. The third kappa shape index (κ3) is 3.12. The maximum atomic E-state index is 12.0. The molecule has 1 amide bonds. The maximum Gasteiger partial charge on any atom is 0.254 e. The molecule has 5 heteroatoms. The van der Waals surface area contributed by atoms with Crippen LogP contribution in [0.15, 0.2) is 35.1 Å². The molecule has 0 atom stereocenters. The monoisotopic (exact) mass is 271 g/mol. The first kappa shape index (κ1) is 14.0. The number of nitrogens with zero attached hydrogens (tertiary/aromatic N) is 2. The summed E-state index contributed by atoms with van der Waals surface area (Å²) in [6.45, 7) is 5.36. The highest BCUT2D eigenvalue weighted by Gasteiger charge is 2.09. The minimum absolute atomic E-state index is 0.0354. The second-order valence-electron chi connectivity index (χ2n) is 4.73. The van der Waals surface area contributed by atoms with Crippen LogP contribution in [-0.2, 0) is 11.3 Å². The Balaban J connectivity index is 2.17. The Bertz CT molecular complexity index is 705. The van der Waals surface area contributed by atoms with Crippen molar-refractivity contribution >= 4 is 11.6 Å². The topological polar surface area (TPSA) is 64.0 Å². The normalized spacial score (nSPS) is 10.3. The third-order valence-electron chi connectivity index (χ3n) is 3.05. The van der Waals surface area contributed by atoms with Gasteiger partial charge in [-0.2, -0.15) is 0 Å². The average Bonchev–Trinajstić information content (AvgIpc) is 2.36. The Morgan fingerprint density at radius 1 is 1.25 bits per heavy atom. The highest BCUT2D eigenvalue weighted by Crippen LogP contribution is 2.12. The SMILES string of the molecule is Cc1cc(=O)n(CC(=O)Nc2ccccc2C)c(C)n1. The predicted molar refractivity (Wildman–Crippen MR) is 77.8 cm³/mol. The number of aryl methyl sites for hydroxylation is 3. The van der Waals surface area contributed by atoms with Crippen molar-refractivity contribution in [2.75, 3.05) is 5.32 Å². The van der Waals surface area contributed by atoms with E-state index in [2.05, 4.69) is 10.3 Å². The number of benzene rings is 1. The van der Waals surface area contributed by atoms with Crippen LogP contribution in [-0.4, -0.2) is 15.5 Å². The van der Waals surface area contributed by atoms with Gasteiger partial charge in [-0.3, -0.25) is 14.2 Å². The zero-order chi connectivity index (χ0) is 14.7. The van der Waals surface area contributed by atoms with Gasteiger partial charge in [-0.15, -0.1) is 0 Å². The van der Waals surface area contributed by atoms with E-state index in [4.69, 9.17) is 0 Å². The minimum Gasteiger partial charge on any atom is -0.324 e. The number of carbonyl (C=O) groups is 1. The van der Waals surface area contributed by atoms with Crippen LogP contribution in [0.25, 0.3) is 0 Å². The van der Waals surface area contributed by atoms with Gasteiger partial charge in [-0.05, 0) is 32.4 Å². The number of para-hydroxylation sites is 1. The molecule has 0 aliphatic carbocycles. The van der Waals surface area contributed by atoms with Crippen LogP contribution in [0.3, 0.4) is 0 Å². The lowest BCUT2D eigenvalue weighted by molar-refractivity contribution is -0.116. The molecule has 2 aromatic rings. The first-order chi connectivity index (χ1) is 9.47. The molecule has 1 heterocycles. The second-order valence-corrected chi connectivity index (χ2v) is 4.73. The van der Waals surface area contributed by atoms with Crippen molar-refractivity contribution in [1.82, 2.24) is 9.55 Å². The molecule has 0 aliphatic rings. The Hall–Kier alpha value is -2.43. The fraction of sp³-hybridized carbons (Fsp3) is 0.267. The number of nitrogens with one attached hydrogen (secondary N) is 1. The predicted octanol–water partition coefficient (Wildman–Crippen LogP) is 1.81. The molecule has 104 valence electrons. The van der Waals surface area contributed by atoms with Gasteiger partial charge >= 0.3 is 0 Å². The van der Waals surface area contributed by atoms with Crippen molar-refractivity contribution in [3.8, 4) is 0 Å². The summed E-state index contributed by atoms with van der Waals surface area (Å²) in [5.74, 6) is 0.296. The van der Waals surface area contributed by atoms with Crippen molar-refractivity contribution in [3.63, 3.8) is 0 Å². The van der Waals surface area contributed by atoms with Crippen molar-refractivity contribution in [3.05, 3.63) is 57.8 Å². The molecule has 0 bridgehead atoms. The van der Waals surface area contributed by atoms with Gasteiger partial charge in [-0.25, -0.2) is 4.98 Å². The smallest absolute Gasteiger partial charge is 0.254 e. The number of amides is 1. The molecule has 0 fully saturated rings. The molecule has 0 radical (unpaired) electrons. The van der Waals surface area contributed by atoms with Crippen LogP contribution in [0, 0.1) is 20.8 Å². The van der Waals surface area contributed by atoms with Crippen LogP contribution < -0.4 is 10.9 Å². The quantitative estimate of drug-likeness (QED) is 0.926. The summed E-state index contributed by atoms with van der Waals surface area (Å²) in [5, 5.41) is 2.80.